The molecule has 1 atom stereocenters. The summed E-state index contributed by atoms with van der Waals surface area (Å²) in [6.45, 7) is 0. The van der Waals surface area contributed by atoms with E-state index in [2.05, 4.69) is 0 Å². The lowest BCUT2D eigenvalue weighted by Gasteiger charge is -2.22. The molecule has 6 nitrogen and oxygen atoms in total. The Hall–Kier alpha value is -1.19. The minimum atomic E-state index is -3.94. The maximum atomic E-state index is 13.4. The highest BCUT2D eigenvalue weighted by Gasteiger charge is 2.36. The van der Waals surface area contributed by atoms with E-state index < -0.39 is 31.7 Å². The molecule has 1 aliphatic heterocycles. The molecule has 1 aromatic rings. The molecule has 1 unspecified atom stereocenters. The molecule has 0 spiro atoms. The van der Waals surface area contributed by atoms with Crippen molar-refractivity contribution in [2.24, 2.45) is 0 Å². The monoisotopic (exact) mass is 322 g/mol. The molecule has 0 amide bonds. The van der Waals surface area contributed by atoms with Crippen LogP contribution in [0.25, 0.3) is 0 Å². The van der Waals surface area contributed by atoms with E-state index in [1.807, 2.05) is 0 Å². The van der Waals surface area contributed by atoms with Crippen LogP contribution >= 0.6 is 0 Å². The maximum Gasteiger partial charge on any atom is 0.243 e. The summed E-state index contributed by atoms with van der Waals surface area (Å²) in [6.07, 6.45) is 0.246. The molecule has 2 rings (SSSR count). The van der Waals surface area contributed by atoms with Gasteiger partial charge in [-0.1, -0.05) is 0 Å². The van der Waals surface area contributed by atoms with Crippen molar-refractivity contribution in [1.29, 1.82) is 0 Å². The maximum absolute atomic E-state index is 13.4. The van der Waals surface area contributed by atoms with Gasteiger partial charge in [0.25, 0.3) is 0 Å². The van der Waals surface area contributed by atoms with Crippen LogP contribution in [0.2, 0.25) is 0 Å². The fourth-order valence-corrected chi connectivity index (χ4v) is 5.36. The SMILES string of the molecule is CN(C1CCS(=O)(=O)C1)S(=O)(=O)c1ccc(N)c(F)c1. The van der Waals surface area contributed by atoms with Crippen molar-refractivity contribution >= 4 is 25.5 Å². The highest BCUT2D eigenvalue weighted by atomic mass is 32.2. The number of nitrogen functional groups attached to an aromatic ring is 1. The summed E-state index contributed by atoms with van der Waals surface area (Å²) < 4.78 is 61.8. The van der Waals surface area contributed by atoms with Gasteiger partial charge < -0.3 is 5.73 Å². The van der Waals surface area contributed by atoms with Gasteiger partial charge in [0, 0.05) is 13.1 Å². The highest BCUT2D eigenvalue weighted by molar-refractivity contribution is 7.92. The van der Waals surface area contributed by atoms with Gasteiger partial charge in [-0.3, -0.25) is 0 Å². The number of hydrogen-bond acceptors (Lipinski definition) is 5. The van der Waals surface area contributed by atoms with E-state index in [4.69, 9.17) is 5.73 Å². The Balaban J connectivity index is 2.32. The molecule has 0 aromatic heterocycles. The number of hydrogen-bond donors (Lipinski definition) is 1. The van der Waals surface area contributed by atoms with Gasteiger partial charge in [0.1, 0.15) is 5.82 Å². The second kappa shape index (κ2) is 4.97. The van der Waals surface area contributed by atoms with Crippen molar-refractivity contribution < 1.29 is 21.2 Å². The summed E-state index contributed by atoms with van der Waals surface area (Å²) in [5.41, 5.74) is 5.16. The van der Waals surface area contributed by atoms with Gasteiger partial charge in [0.05, 0.1) is 22.1 Å². The van der Waals surface area contributed by atoms with Crippen molar-refractivity contribution in [2.75, 3.05) is 24.3 Å². The van der Waals surface area contributed by atoms with Crippen LogP contribution in [-0.4, -0.2) is 45.7 Å². The largest absolute Gasteiger partial charge is 0.396 e. The third-order valence-electron chi connectivity index (χ3n) is 3.37. The molecule has 0 saturated carbocycles. The molecule has 1 heterocycles. The predicted molar refractivity (Wildman–Crippen MR) is 72.8 cm³/mol. The van der Waals surface area contributed by atoms with Gasteiger partial charge in [-0.25, -0.2) is 21.2 Å². The summed E-state index contributed by atoms with van der Waals surface area (Å²) in [4.78, 5) is -0.240. The molecule has 1 aromatic carbocycles. The Labute approximate surface area is 117 Å². The quantitative estimate of drug-likeness (QED) is 0.803. The summed E-state index contributed by atoms with van der Waals surface area (Å²) in [5.74, 6) is -1.06. The predicted octanol–water partition coefficient (Wildman–Crippen LogP) is 0.215. The minimum absolute atomic E-state index is 0.0341. The van der Waals surface area contributed by atoms with E-state index in [-0.39, 0.29) is 28.5 Å². The normalized spacial score (nSPS) is 22.2. The summed E-state index contributed by atoms with van der Waals surface area (Å²) in [6, 6.07) is 2.59. The molecule has 1 aliphatic rings. The Morgan fingerprint density at radius 3 is 2.55 bits per heavy atom. The summed E-state index contributed by atoms with van der Waals surface area (Å²) in [5, 5.41) is 0. The lowest BCUT2D eigenvalue weighted by molar-refractivity contribution is 0.393. The molecule has 112 valence electrons. The van der Waals surface area contributed by atoms with E-state index in [1.54, 1.807) is 0 Å². The molecule has 1 saturated heterocycles. The number of sulfonamides is 1. The Bertz CT molecular complexity index is 731. The average Bonchev–Trinajstić information content (AvgIpc) is 2.72. The van der Waals surface area contributed by atoms with Crippen LogP contribution in [-0.2, 0) is 19.9 Å². The van der Waals surface area contributed by atoms with Gasteiger partial charge in [-0.05, 0) is 24.6 Å². The van der Waals surface area contributed by atoms with Gasteiger partial charge in [0.2, 0.25) is 10.0 Å². The first-order chi connectivity index (χ1) is 9.13. The molecule has 1 fully saturated rings. The van der Waals surface area contributed by atoms with Crippen LogP contribution in [0.5, 0.6) is 0 Å². The third kappa shape index (κ3) is 2.79. The van der Waals surface area contributed by atoms with E-state index in [9.17, 15) is 21.2 Å². The van der Waals surface area contributed by atoms with Crippen molar-refractivity contribution in [3.63, 3.8) is 0 Å². The van der Waals surface area contributed by atoms with Crippen LogP contribution in [0.15, 0.2) is 23.1 Å². The molecule has 0 bridgehead atoms. The zero-order chi connectivity index (χ0) is 15.1. The minimum Gasteiger partial charge on any atom is -0.396 e. The first-order valence-corrected chi connectivity index (χ1v) is 9.13. The van der Waals surface area contributed by atoms with E-state index >= 15 is 0 Å². The Morgan fingerprint density at radius 1 is 1.40 bits per heavy atom. The van der Waals surface area contributed by atoms with Crippen LogP contribution < -0.4 is 5.73 Å². The lowest BCUT2D eigenvalue weighted by Crippen LogP contribution is -2.37. The van der Waals surface area contributed by atoms with Crippen molar-refractivity contribution in [2.45, 2.75) is 17.4 Å². The van der Waals surface area contributed by atoms with Gasteiger partial charge >= 0.3 is 0 Å². The summed E-state index contributed by atoms with van der Waals surface area (Å²) >= 11 is 0. The standard InChI is InChI=1S/C11H15FN2O4S2/c1-14(8-4-5-19(15,16)7-8)20(17,18)9-2-3-11(13)10(12)6-9/h2-3,6,8H,4-5,7,13H2,1H3. The topological polar surface area (TPSA) is 97.5 Å². The molecule has 2 N–H and O–H groups in total. The van der Waals surface area contributed by atoms with Crippen LogP contribution in [0.4, 0.5) is 10.1 Å². The zero-order valence-electron chi connectivity index (χ0n) is 10.8. The number of benzene rings is 1. The first-order valence-electron chi connectivity index (χ1n) is 5.87. The van der Waals surface area contributed by atoms with Crippen LogP contribution in [0, 0.1) is 5.82 Å². The Kier molecular flexibility index (Phi) is 3.78. The summed E-state index contributed by atoms with van der Waals surface area (Å²) in [7, 11) is -5.84. The van der Waals surface area contributed by atoms with Crippen molar-refractivity contribution in [3.05, 3.63) is 24.0 Å². The zero-order valence-corrected chi connectivity index (χ0v) is 12.4. The van der Waals surface area contributed by atoms with Gasteiger partial charge in [-0.15, -0.1) is 0 Å². The fraction of sp³-hybridized carbons (Fsp3) is 0.455. The number of nitrogens with zero attached hydrogens (tertiary/aromatic N) is 1. The van der Waals surface area contributed by atoms with E-state index in [0.717, 1.165) is 10.4 Å². The molecular formula is C11H15FN2O4S2. The highest BCUT2D eigenvalue weighted by Crippen LogP contribution is 2.24. The molecule has 20 heavy (non-hydrogen) atoms. The molecule has 9 heteroatoms. The second-order valence-corrected chi connectivity index (χ2v) is 8.99. The van der Waals surface area contributed by atoms with E-state index in [0.29, 0.717) is 0 Å². The van der Waals surface area contributed by atoms with Crippen LogP contribution in [0.3, 0.4) is 0 Å². The fourth-order valence-electron chi connectivity index (χ4n) is 2.09. The molecule has 0 aliphatic carbocycles. The number of sulfone groups is 1. The van der Waals surface area contributed by atoms with Crippen LogP contribution in [0.1, 0.15) is 6.42 Å². The van der Waals surface area contributed by atoms with Crippen molar-refractivity contribution in [1.82, 2.24) is 4.31 Å². The van der Waals surface area contributed by atoms with Gasteiger partial charge in [0.15, 0.2) is 9.84 Å². The first kappa shape index (κ1) is 15.2. The second-order valence-electron chi connectivity index (χ2n) is 4.76. The van der Waals surface area contributed by atoms with Crippen molar-refractivity contribution in [3.8, 4) is 0 Å². The molecular weight excluding hydrogens is 307 g/mol. The average molecular weight is 322 g/mol. The number of nitrogens with two attached hydrogens (primary N) is 1. The molecule has 0 radical (unpaired) electrons. The number of anilines is 1. The smallest absolute Gasteiger partial charge is 0.243 e. The van der Waals surface area contributed by atoms with Gasteiger partial charge in [-0.2, -0.15) is 4.31 Å². The number of rotatable bonds is 3. The lowest BCUT2D eigenvalue weighted by atomic mass is 10.3. The number of halogens is 1. The van der Waals surface area contributed by atoms with E-state index in [1.165, 1.54) is 19.2 Å². The third-order valence-corrected chi connectivity index (χ3v) is 7.03. The Morgan fingerprint density at radius 2 is 2.05 bits per heavy atom.